The molecule has 122 valence electrons. The van der Waals surface area contributed by atoms with Crippen LogP contribution in [0, 0.1) is 5.92 Å². The van der Waals surface area contributed by atoms with E-state index in [9.17, 15) is 4.79 Å². The van der Waals surface area contributed by atoms with Gasteiger partial charge in [0.25, 0.3) is 5.89 Å². The number of amides is 1. The van der Waals surface area contributed by atoms with Gasteiger partial charge in [-0.3, -0.25) is 9.69 Å². The highest BCUT2D eigenvalue weighted by Crippen LogP contribution is 2.22. The zero-order valence-electron chi connectivity index (χ0n) is 13.5. The lowest BCUT2D eigenvalue weighted by Gasteiger charge is -2.29. The SMILES string of the molecule is COCCN1CCc2oc(C(=O)N3CCC[C@H](C)C3)nc2C1. The van der Waals surface area contributed by atoms with Crippen LogP contribution in [-0.4, -0.2) is 60.6 Å². The van der Waals surface area contributed by atoms with Crippen LogP contribution in [0.3, 0.4) is 0 Å². The molecule has 0 saturated carbocycles. The molecule has 1 aromatic rings. The number of oxazole rings is 1. The third-order valence-corrected chi connectivity index (χ3v) is 4.55. The number of likely N-dealkylation sites (tertiary alicyclic amines) is 1. The van der Waals surface area contributed by atoms with Crippen molar-refractivity contribution in [3.8, 4) is 0 Å². The molecule has 6 heteroatoms. The van der Waals surface area contributed by atoms with E-state index >= 15 is 0 Å². The molecule has 0 bridgehead atoms. The van der Waals surface area contributed by atoms with Crippen LogP contribution in [0.2, 0.25) is 0 Å². The third kappa shape index (κ3) is 3.33. The molecule has 3 rings (SSSR count). The molecule has 2 aliphatic rings. The highest BCUT2D eigenvalue weighted by atomic mass is 16.5. The number of methoxy groups -OCH3 is 1. The second-order valence-electron chi connectivity index (χ2n) is 6.41. The molecular weight excluding hydrogens is 282 g/mol. The van der Waals surface area contributed by atoms with Crippen molar-refractivity contribution >= 4 is 5.91 Å². The molecule has 1 saturated heterocycles. The number of rotatable bonds is 4. The maximum atomic E-state index is 12.6. The average molecular weight is 307 g/mol. The fourth-order valence-electron chi connectivity index (χ4n) is 3.26. The Bertz CT molecular complexity index is 529. The zero-order chi connectivity index (χ0) is 15.5. The van der Waals surface area contributed by atoms with Crippen LogP contribution >= 0.6 is 0 Å². The first-order valence-corrected chi connectivity index (χ1v) is 8.16. The Labute approximate surface area is 131 Å². The summed E-state index contributed by atoms with van der Waals surface area (Å²) in [7, 11) is 1.71. The van der Waals surface area contributed by atoms with Crippen molar-refractivity contribution in [1.82, 2.24) is 14.8 Å². The number of nitrogens with zero attached hydrogens (tertiary/aromatic N) is 3. The minimum absolute atomic E-state index is 0.0515. The molecule has 0 N–H and O–H groups in total. The predicted octanol–water partition coefficient (Wildman–Crippen LogP) is 1.55. The van der Waals surface area contributed by atoms with Crippen LogP contribution in [0.5, 0.6) is 0 Å². The van der Waals surface area contributed by atoms with E-state index in [0.29, 0.717) is 12.5 Å². The predicted molar refractivity (Wildman–Crippen MR) is 81.7 cm³/mol. The van der Waals surface area contributed by atoms with E-state index in [1.165, 1.54) is 6.42 Å². The Morgan fingerprint density at radius 3 is 3.09 bits per heavy atom. The van der Waals surface area contributed by atoms with Crippen LogP contribution in [0.4, 0.5) is 0 Å². The quantitative estimate of drug-likeness (QED) is 0.845. The smallest absolute Gasteiger partial charge is 0.309 e. The monoisotopic (exact) mass is 307 g/mol. The molecule has 0 spiro atoms. The van der Waals surface area contributed by atoms with E-state index in [1.807, 2.05) is 4.90 Å². The first-order chi connectivity index (χ1) is 10.7. The van der Waals surface area contributed by atoms with Crippen LogP contribution in [0.15, 0.2) is 4.42 Å². The van der Waals surface area contributed by atoms with Gasteiger partial charge in [0, 0.05) is 46.3 Å². The van der Waals surface area contributed by atoms with Gasteiger partial charge in [0.15, 0.2) is 0 Å². The van der Waals surface area contributed by atoms with Crippen molar-refractivity contribution in [3.05, 3.63) is 17.3 Å². The number of hydrogen-bond acceptors (Lipinski definition) is 5. The minimum atomic E-state index is -0.0515. The molecular formula is C16H25N3O3. The summed E-state index contributed by atoms with van der Waals surface area (Å²) in [4.78, 5) is 21.2. The summed E-state index contributed by atoms with van der Waals surface area (Å²) in [6.07, 6.45) is 3.08. The number of carbonyl (C=O) groups excluding carboxylic acids is 1. The lowest BCUT2D eigenvalue weighted by Crippen LogP contribution is -2.39. The Balaban J connectivity index is 1.67. The summed E-state index contributed by atoms with van der Waals surface area (Å²) in [5, 5.41) is 0. The van der Waals surface area contributed by atoms with Crippen molar-refractivity contribution in [2.24, 2.45) is 5.92 Å². The molecule has 0 aliphatic carbocycles. The van der Waals surface area contributed by atoms with Gasteiger partial charge in [0.2, 0.25) is 0 Å². The van der Waals surface area contributed by atoms with E-state index in [1.54, 1.807) is 7.11 Å². The minimum Gasteiger partial charge on any atom is -0.437 e. The summed E-state index contributed by atoms with van der Waals surface area (Å²) in [6.45, 7) is 7.09. The molecule has 6 nitrogen and oxygen atoms in total. The Kier molecular flexibility index (Phi) is 4.78. The third-order valence-electron chi connectivity index (χ3n) is 4.55. The lowest BCUT2D eigenvalue weighted by atomic mass is 10.0. The van der Waals surface area contributed by atoms with Gasteiger partial charge in [0.05, 0.1) is 12.3 Å². The van der Waals surface area contributed by atoms with Gasteiger partial charge in [-0.15, -0.1) is 0 Å². The first-order valence-electron chi connectivity index (χ1n) is 8.16. The normalized spacial score (nSPS) is 22.6. The first kappa shape index (κ1) is 15.5. The number of ether oxygens (including phenoxy) is 1. The van der Waals surface area contributed by atoms with Gasteiger partial charge in [0.1, 0.15) is 5.76 Å². The summed E-state index contributed by atoms with van der Waals surface area (Å²) >= 11 is 0. The number of hydrogen-bond donors (Lipinski definition) is 0. The van der Waals surface area contributed by atoms with Gasteiger partial charge in [-0.2, -0.15) is 0 Å². The maximum Gasteiger partial charge on any atom is 0.309 e. The Hall–Kier alpha value is -1.40. The fourth-order valence-corrected chi connectivity index (χ4v) is 3.26. The molecule has 1 fully saturated rings. The molecule has 0 radical (unpaired) electrons. The lowest BCUT2D eigenvalue weighted by molar-refractivity contribution is 0.0640. The zero-order valence-corrected chi connectivity index (χ0v) is 13.5. The van der Waals surface area contributed by atoms with Gasteiger partial charge in [-0.05, 0) is 18.8 Å². The summed E-state index contributed by atoms with van der Waals surface area (Å²) in [6, 6.07) is 0. The van der Waals surface area contributed by atoms with Crippen molar-refractivity contribution < 1.29 is 13.9 Å². The highest BCUT2D eigenvalue weighted by Gasteiger charge is 2.29. The summed E-state index contributed by atoms with van der Waals surface area (Å²) < 4.78 is 10.9. The van der Waals surface area contributed by atoms with Crippen LogP contribution in [-0.2, 0) is 17.7 Å². The van der Waals surface area contributed by atoms with E-state index in [2.05, 4.69) is 16.8 Å². The van der Waals surface area contributed by atoms with Crippen LogP contribution < -0.4 is 0 Å². The van der Waals surface area contributed by atoms with Gasteiger partial charge in [-0.1, -0.05) is 6.92 Å². The van der Waals surface area contributed by atoms with Crippen molar-refractivity contribution in [2.75, 3.05) is 39.9 Å². The number of fused-ring (bicyclic) bond motifs is 1. The van der Waals surface area contributed by atoms with Crippen molar-refractivity contribution in [1.29, 1.82) is 0 Å². The molecule has 1 atom stereocenters. The molecule has 22 heavy (non-hydrogen) atoms. The fraction of sp³-hybridized carbons (Fsp3) is 0.750. The van der Waals surface area contributed by atoms with Crippen molar-refractivity contribution in [3.63, 3.8) is 0 Å². The molecule has 2 aliphatic heterocycles. The number of piperidine rings is 1. The van der Waals surface area contributed by atoms with Gasteiger partial charge >= 0.3 is 5.91 Å². The standard InChI is InChI=1S/C16H25N3O3/c1-12-4-3-6-19(10-12)16(20)15-17-13-11-18(8-9-21-2)7-5-14(13)22-15/h12H,3-11H2,1-2H3/t12-/m0/s1. The van der Waals surface area contributed by atoms with Crippen LogP contribution in [0.1, 0.15) is 41.9 Å². The molecule has 3 heterocycles. The van der Waals surface area contributed by atoms with E-state index < -0.39 is 0 Å². The van der Waals surface area contributed by atoms with Crippen LogP contribution in [0.25, 0.3) is 0 Å². The van der Waals surface area contributed by atoms with Gasteiger partial charge in [-0.25, -0.2) is 4.98 Å². The Morgan fingerprint density at radius 2 is 2.32 bits per heavy atom. The number of carbonyl (C=O) groups is 1. The van der Waals surface area contributed by atoms with Gasteiger partial charge < -0.3 is 14.1 Å². The highest BCUT2D eigenvalue weighted by molar-refractivity contribution is 5.89. The van der Waals surface area contributed by atoms with Crippen molar-refractivity contribution in [2.45, 2.75) is 32.7 Å². The average Bonchev–Trinajstić information content (AvgIpc) is 2.95. The van der Waals surface area contributed by atoms with E-state index in [-0.39, 0.29) is 11.8 Å². The summed E-state index contributed by atoms with van der Waals surface area (Å²) in [5.74, 6) is 1.66. The van der Waals surface area contributed by atoms with E-state index in [4.69, 9.17) is 9.15 Å². The second-order valence-corrected chi connectivity index (χ2v) is 6.41. The molecule has 1 amide bonds. The molecule has 0 aromatic carbocycles. The topological polar surface area (TPSA) is 58.8 Å². The second kappa shape index (κ2) is 6.79. The number of aromatic nitrogens is 1. The van der Waals surface area contributed by atoms with E-state index in [0.717, 1.165) is 57.0 Å². The molecule has 1 aromatic heterocycles. The largest absolute Gasteiger partial charge is 0.437 e. The Morgan fingerprint density at radius 1 is 1.45 bits per heavy atom. The molecule has 0 unspecified atom stereocenters. The maximum absolute atomic E-state index is 12.6. The summed E-state index contributed by atoms with van der Waals surface area (Å²) in [5.41, 5.74) is 0.913.